The monoisotopic (exact) mass is 446 g/mol. The van der Waals surface area contributed by atoms with Crippen LogP contribution in [-0.2, 0) is 22.7 Å². The van der Waals surface area contributed by atoms with Crippen LogP contribution >= 0.6 is 0 Å². The number of aryl methyl sites for hydroxylation is 1. The van der Waals surface area contributed by atoms with Crippen molar-refractivity contribution in [3.8, 4) is 0 Å². The Morgan fingerprint density at radius 3 is 2.32 bits per heavy atom. The first-order valence-corrected chi connectivity index (χ1v) is 10.7. The first-order valence-electron chi connectivity index (χ1n) is 9.28. The number of hydrogen-bond acceptors (Lipinski definition) is 3. The van der Waals surface area contributed by atoms with Gasteiger partial charge in [-0.25, -0.2) is 13.2 Å². The molecule has 0 fully saturated rings. The predicted octanol–water partition coefficient (Wildman–Crippen LogP) is 5.35. The van der Waals surface area contributed by atoms with Gasteiger partial charge in [-0.1, -0.05) is 36.4 Å². The molecule has 5 nitrogen and oxygen atoms in total. The van der Waals surface area contributed by atoms with E-state index in [9.17, 15) is 26.4 Å². The molecule has 0 unspecified atom stereocenters. The van der Waals surface area contributed by atoms with Crippen molar-refractivity contribution < 1.29 is 26.4 Å². The summed E-state index contributed by atoms with van der Waals surface area (Å²) in [4.78, 5) is 14.4. The maximum atomic E-state index is 13.4. The first kappa shape index (κ1) is 20.9. The van der Waals surface area contributed by atoms with Crippen molar-refractivity contribution in [1.82, 2.24) is 0 Å². The van der Waals surface area contributed by atoms with Gasteiger partial charge in [-0.3, -0.25) is 4.90 Å². The number of para-hydroxylation sites is 1. The van der Waals surface area contributed by atoms with E-state index in [0.717, 1.165) is 17.7 Å². The van der Waals surface area contributed by atoms with E-state index in [1.54, 1.807) is 31.2 Å². The van der Waals surface area contributed by atoms with Gasteiger partial charge in [0.15, 0.2) is 0 Å². The Hall–Kier alpha value is -3.33. The number of benzene rings is 3. The number of carbonyl (C=O) groups excluding carboxylic acids is 1. The Kier molecular flexibility index (Phi) is 5.01. The zero-order chi connectivity index (χ0) is 22.4. The fourth-order valence-electron chi connectivity index (χ4n) is 3.50. The standard InChI is InChI=1S/C22H17F3N2O3S/c1-15-6-4-9-18(12-15)27-21(28)26(19-10-2-3-11-20(19)31(27,29)30)14-16-7-5-8-17(13-16)22(23,24)25/h2-13H,14H2,1H3. The Bertz CT molecular complexity index is 1270. The second-order valence-corrected chi connectivity index (χ2v) is 8.90. The highest BCUT2D eigenvalue weighted by Crippen LogP contribution is 2.38. The molecule has 0 saturated carbocycles. The minimum Gasteiger partial charge on any atom is -0.287 e. The molecule has 0 N–H and O–H groups in total. The van der Waals surface area contributed by atoms with Crippen LogP contribution in [0.15, 0.2) is 77.7 Å². The SMILES string of the molecule is Cc1cccc(N2C(=O)N(Cc3cccc(C(F)(F)F)c3)c3ccccc3S2(=O)=O)c1. The molecule has 0 aromatic heterocycles. The molecule has 9 heteroatoms. The van der Waals surface area contributed by atoms with Crippen LogP contribution in [-0.4, -0.2) is 14.4 Å². The lowest BCUT2D eigenvalue weighted by Crippen LogP contribution is -2.50. The van der Waals surface area contributed by atoms with Gasteiger partial charge in [-0.15, -0.1) is 0 Å². The van der Waals surface area contributed by atoms with Crippen molar-refractivity contribution in [2.75, 3.05) is 9.21 Å². The van der Waals surface area contributed by atoms with Crippen LogP contribution < -0.4 is 9.21 Å². The molecule has 0 aliphatic carbocycles. The molecule has 2 amide bonds. The van der Waals surface area contributed by atoms with E-state index in [2.05, 4.69) is 0 Å². The van der Waals surface area contributed by atoms with E-state index < -0.39 is 27.8 Å². The van der Waals surface area contributed by atoms with Crippen LogP contribution in [0.3, 0.4) is 0 Å². The summed E-state index contributed by atoms with van der Waals surface area (Å²) in [5.41, 5.74) is 0.415. The lowest BCUT2D eigenvalue weighted by atomic mass is 10.1. The molecule has 0 atom stereocenters. The minimum atomic E-state index is -4.53. The summed E-state index contributed by atoms with van der Waals surface area (Å²) in [5.74, 6) is 0. The second kappa shape index (κ2) is 7.42. The van der Waals surface area contributed by atoms with E-state index >= 15 is 0 Å². The zero-order valence-corrected chi connectivity index (χ0v) is 17.1. The van der Waals surface area contributed by atoms with Crippen molar-refractivity contribution in [1.29, 1.82) is 0 Å². The molecule has 0 saturated heterocycles. The van der Waals surface area contributed by atoms with E-state index in [1.807, 2.05) is 0 Å². The fourth-order valence-corrected chi connectivity index (χ4v) is 5.08. The summed E-state index contributed by atoms with van der Waals surface area (Å²) < 4.78 is 66.5. The van der Waals surface area contributed by atoms with Crippen molar-refractivity contribution >= 4 is 27.4 Å². The average molecular weight is 446 g/mol. The number of fused-ring (bicyclic) bond motifs is 1. The lowest BCUT2D eigenvalue weighted by molar-refractivity contribution is -0.137. The van der Waals surface area contributed by atoms with Crippen LogP contribution in [0.5, 0.6) is 0 Å². The van der Waals surface area contributed by atoms with Crippen molar-refractivity contribution in [3.05, 3.63) is 89.5 Å². The lowest BCUT2D eigenvalue weighted by Gasteiger charge is -2.36. The second-order valence-electron chi connectivity index (χ2n) is 7.14. The highest BCUT2D eigenvalue weighted by Gasteiger charge is 2.42. The van der Waals surface area contributed by atoms with Crippen molar-refractivity contribution in [3.63, 3.8) is 0 Å². The number of anilines is 2. The highest BCUT2D eigenvalue weighted by atomic mass is 32.2. The third-order valence-corrected chi connectivity index (χ3v) is 6.66. The molecule has 4 rings (SSSR count). The molecule has 0 spiro atoms. The maximum Gasteiger partial charge on any atom is 0.416 e. The molecule has 1 aliphatic heterocycles. The minimum absolute atomic E-state index is 0.0944. The number of amides is 2. The average Bonchev–Trinajstić information content (AvgIpc) is 2.71. The number of alkyl halides is 3. The smallest absolute Gasteiger partial charge is 0.287 e. The topological polar surface area (TPSA) is 57.7 Å². The van der Waals surface area contributed by atoms with Gasteiger partial charge >= 0.3 is 12.2 Å². The third-order valence-electron chi connectivity index (χ3n) is 4.91. The van der Waals surface area contributed by atoms with E-state index in [1.165, 1.54) is 41.3 Å². The summed E-state index contributed by atoms with van der Waals surface area (Å²) in [7, 11) is -4.20. The molecule has 1 aliphatic rings. The highest BCUT2D eigenvalue weighted by molar-refractivity contribution is 7.94. The van der Waals surface area contributed by atoms with E-state index in [-0.39, 0.29) is 28.4 Å². The van der Waals surface area contributed by atoms with Gasteiger partial charge < -0.3 is 0 Å². The number of sulfonamides is 1. The van der Waals surface area contributed by atoms with Gasteiger partial charge in [-0.2, -0.15) is 17.5 Å². The first-order chi connectivity index (χ1) is 14.6. The van der Waals surface area contributed by atoms with Gasteiger partial charge in [0, 0.05) is 0 Å². The van der Waals surface area contributed by atoms with Gasteiger partial charge in [0.1, 0.15) is 4.90 Å². The Morgan fingerprint density at radius 1 is 0.903 bits per heavy atom. The summed E-state index contributed by atoms with van der Waals surface area (Å²) >= 11 is 0. The predicted molar refractivity (Wildman–Crippen MR) is 110 cm³/mol. The molecular formula is C22H17F3N2O3S. The quantitative estimate of drug-likeness (QED) is 0.545. The molecule has 0 bridgehead atoms. The van der Waals surface area contributed by atoms with Crippen LogP contribution in [0.2, 0.25) is 0 Å². The molecule has 3 aromatic rings. The normalized spacial score (nSPS) is 15.7. The maximum absolute atomic E-state index is 13.4. The largest absolute Gasteiger partial charge is 0.416 e. The number of urea groups is 1. The van der Waals surface area contributed by atoms with Crippen LogP contribution in [0.1, 0.15) is 16.7 Å². The van der Waals surface area contributed by atoms with E-state index in [0.29, 0.717) is 4.31 Å². The molecule has 160 valence electrons. The van der Waals surface area contributed by atoms with Crippen molar-refractivity contribution in [2.45, 2.75) is 24.5 Å². The van der Waals surface area contributed by atoms with Gasteiger partial charge in [0.2, 0.25) is 0 Å². The Labute approximate surface area is 177 Å². The van der Waals surface area contributed by atoms with Crippen LogP contribution in [0.25, 0.3) is 0 Å². The molecule has 31 heavy (non-hydrogen) atoms. The van der Waals surface area contributed by atoms with Crippen LogP contribution in [0, 0.1) is 6.92 Å². The Balaban J connectivity index is 1.84. The van der Waals surface area contributed by atoms with Gasteiger partial charge in [0.05, 0.1) is 23.5 Å². The summed E-state index contributed by atoms with van der Waals surface area (Å²) in [6.45, 7) is 1.54. The summed E-state index contributed by atoms with van der Waals surface area (Å²) in [6, 6.07) is 16.2. The van der Waals surface area contributed by atoms with Gasteiger partial charge in [0.25, 0.3) is 10.0 Å². The Morgan fingerprint density at radius 2 is 1.61 bits per heavy atom. The van der Waals surface area contributed by atoms with Crippen molar-refractivity contribution in [2.24, 2.45) is 0 Å². The van der Waals surface area contributed by atoms with Gasteiger partial charge in [-0.05, 0) is 54.4 Å². The molecular weight excluding hydrogens is 429 g/mol. The number of hydrogen-bond donors (Lipinski definition) is 0. The summed E-state index contributed by atoms with van der Waals surface area (Å²) in [5, 5.41) is 0. The zero-order valence-electron chi connectivity index (χ0n) is 16.3. The number of nitrogens with zero attached hydrogens (tertiary/aromatic N) is 2. The number of carbonyl (C=O) groups is 1. The summed E-state index contributed by atoms with van der Waals surface area (Å²) in [6.07, 6.45) is -4.53. The molecule has 3 aromatic carbocycles. The number of rotatable bonds is 3. The number of halogens is 3. The fraction of sp³-hybridized carbons (Fsp3) is 0.136. The molecule has 0 radical (unpaired) electrons. The molecule has 1 heterocycles. The van der Waals surface area contributed by atoms with E-state index in [4.69, 9.17) is 0 Å². The third kappa shape index (κ3) is 3.76. The van der Waals surface area contributed by atoms with Crippen LogP contribution in [0.4, 0.5) is 29.3 Å².